The second kappa shape index (κ2) is 4.52. The van der Waals surface area contributed by atoms with Crippen molar-refractivity contribution >= 4 is 27.0 Å². The molecule has 2 radical (unpaired) electrons. The lowest BCUT2D eigenvalue weighted by molar-refractivity contribution is 0.962. The first kappa shape index (κ1) is 11.9. The molecule has 2 aromatic carbocycles. The molecule has 0 spiro atoms. The minimum Gasteiger partial charge on any atom is -0.0675 e. The molecular weight excluding hydrogens is 248 g/mol. The molecular formula is C16H18Si2. The fourth-order valence-electron chi connectivity index (χ4n) is 2.64. The van der Waals surface area contributed by atoms with Crippen LogP contribution in [-0.2, 0) is 12.8 Å². The number of rotatable bonds is 0. The Balaban J connectivity index is 2.10. The predicted molar refractivity (Wildman–Crippen MR) is 82.8 cm³/mol. The van der Waals surface area contributed by atoms with Gasteiger partial charge in [0.05, 0.1) is 16.6 Å². The number of hydrogen-bond donors (Lipinski definition) is 0. The molecule has 0 nitrogen and oxygen atoms in total. The predicted octanol–water partition coefficient (Wildman–Crippen LogP) is 2.23. The van der Waals surface area contributed by atoms with Crippen LogP contribution in [0.5, 0.6) is 0 Å². The molecule has 3 rings (SSSR count). The Morgan fingerprint density at radius 3 is 2.33 bits per heavy atom. The van der Waals surface area contributed by atoms with Crippen molar-refractivity contribution in [3.05, 3.63) is 59.7 Å². The molecule has 1 aliphatic rings. The Labute approximate surface area is 113 Å². The molecule has 2 heteroatoms. The van der Waals surface area contributed by atoms with Crippen LogP contribution in [0.15, 0.2) is 48.5 Å². The lowest BCUT2D eigenvalue weighted by atomic mass is 10.0. The normalized spacial score (nSPS) is 17.2. The van der Waals surface area contributed by atoms with Gasteiger partial charge in [-0.2, -0.15) is 0 Å². The SMILES string of the molecule is C[Si]1(C)[Si]c2cccc(c2)CCc2cccc1c2. The van der Waals surface area contributed by atoms with E-state index in [0.717, 1.165) is 9.04 Å². The third-order valence-corrected chi connectivity index (χ3v) is 10.3. The standard InChI is InChI=1S/C16H18Si2/c1-18(2)16-8-4-6-14(12-16)10-9-13-5-3-7-15(11-13)17-18/h3-8,11-12H,9-10H2,1-2H3. The molecule has 18 heavy (non-hydrogen) atoms. The summed E-state index contributed by atoms with van der Waals surface area (Å²) in [6.45, 7) is 5.00. The fraction of sp³-hybridized carbons (Fsp3) is 0.250. The summed E-state index contributed by atoms with van der Waals surface area (Å²) in [6.07, 6.45) is 2.34. The lowest BCUT2D eigenvalue weighted by Crippen LogP contribution is -2.52. The summed E-state index contributed by atoms with van der Waals surface area (Å²) in [7, 11) is -0.339. The van der Waals surface area contributed by atoms with E-state index in [1.54, 1.807) is 10.4 Å². The highest BCUT2D eigenvalue weighted by molar-refractivity contribution is 7.34. The van der Waals surface area contributed by atoms with Crippen LogP contribution in [0, 0.1) is 0 Å². The van der Waals surface area contributed by atoms with E-state index in [0.29, 0.717) is 0 Å². The van der Waals surface area contributed by atoms with E-state index in [4.69, 9.17) is 0 Å². The quantitative estimate of drug-likeness (QED) is 0.642. The monoisotopic (exact) mass is 266 g/mol. The summed E-state index contributed by atoms with van der Waals surface area (Å²) in [5, 5.41) is 3.17. The Morgan fingerprint density at radius 1 is 0.889 bits per heavy atom. The molecule has 1 heterocycles. The summed E-state index contributed by atoms with van der Waals surface area (Å²) < 4.78 is 0. The maximum atomic E-state index is 2.50. The van der Waals surface area contributed by atoms with Crippen molar-refractivity contribution in [2.75, 3.05) is 0 Å². The van der Waals surface area contributed by atoms with E-state index in [9.17, 15) is 0 Å². The molecule has 0 fully saturated rings. The van der Waals surface area contributed by atoms with Crippen molar-refractivity contribution in [1.29, 1.82) is 0 Å². The molecule has 0 unspecified atom stereocenters. The maximum absolute atomic E-state index is 2.50. The van der Waals surface area contributed by atoms with Crippen molar-refractivity contribution in [1.82, 2.24) is 0 Å². The summed E-state index contributed by atoms with van der Waals surface area (Å²) in [5.74, 6) is 0. The average Bonchev–Trinajstić information content (AvgIpc) is 2.36. The number of fused-ring (bicyclic) bond motifs is 4. The van der Waals surface area contributed by atoms with Gasteiger partial charge < -0.3 is 0 Å². The van der Waals surface area contributed by atoms with Gasteiger partial charge in [0.15, 0.2) is 0 Å². The third-order valence-electron chi connectivity index (χ3n) is 3.73. The summed E-state index contributed by atoms with van der Waals surface area (Å²) >= 11 is 0. The third kappa shape index (κ3) is 2.35. The fourth-order valence-corrected chi connectivity index (χ4v) is 8.54. The molecule has 0 saturated carbocycles. The van der Waals surface area contributed by atoms with Crippen LogP contribution in [0.3, 0.4) is 0 Å². The van der Waals surface area contributed by atoms with Crippen molar-refractivity contribution in [3.8, 4) is 0 Å². The number of hydrogen-bond acceptors (Lipinski definition) is 0. The second-order valence-corrected chi connectivity index (χ2v) is 14.8. The summed E-state index contributed by atoms with van der Waals surface area (Å²) in [4.78, 5) is 0. The summed E-state index contributed by atoms with van der Waals surface area (Å²) in [6, 6.07) is 18.6. The van der Waals surface area contributed by atoms with E-state index >= 15 is 0 Å². The van der Waals surface area contributed by atoms with Crippen molar-refractivity contribution < 1.29 is 0 Å². The first-order valence-electron chi connectivity index (χ1n) is 6.60. The zero-order chi connectivity index (χ0) is 12.6. The van der Waals surface area contributed by atoms with Crippen LogP contribution in [-0.4, -0.2) is 16.6 Å². The van der Waals surface area contributed by atoms with Crippen LogP contribution in [0.4, 0.5) is 0 Å². The molecule has 4 bridgehead atoms. The molecule has 0 saturated heterocycles. The Morgan fingerprint density at radius 2 is 1.56 bits per heavy atom. The van der Waals surface area contributed by atoms with Gasteiger partial charge in [-0.1, -0.05) is 72.0 Å². The zero-order valence-electron chi connectivity index (χ0n) is 11.0. The smallest absolute Gasteiger partial charge is 0.0675 e. The van der Waals surface area contributed by atoms with Gasteiger partial charge >= 0.3 is 0 Å². The van der Waals surface area contributed by atoms with Crippen LogP contribution in [0.1, 0.15) is 11.1 Å². The minimum atomic E-state index is -1.31. The van der Waals surface area contributed by atoms with Gasteiger partial charge in [0.25, 0.3) is 0 Å². The minimum absolute atomic E-state index is 0.974. The first-order valence-corrected chi connectivity index (χ1v) is 11.6. The van der Waals surface area contributed by atoms with Gasteiger partial charge in [0.1, 0.15) is 0 Å². The summed E-state index contributed by atoms with van der Waals surface area (Å²) in [5.41, 5.74) is 3.00. The van der Waals surface area contributed by atoms with Gasteiger partial charge in [0.2, 0.25) is 0 Å². The largest absolute Gasteiger partial charge is 0.0767 e. The maximum Gasteiger partial charge on any atom is 0.0767 e. The highest BCUT2D eigenvalue weighted by Gasteiger charge is 2.25. The van der Waals surface area contributed by atoms with Crippen LogP contribution >= 0.6 is 0 Å². The average molecular weight is 266 g/mol. The molecule has 90 valence electrons. The first-order chi connectivity index (χ1) is 8.63. The number of benzene rings is 2. The van der Waals surface area contributed by atoms with E-state index in [-0.39, 0.29) is 0 Å². The Bertz CT molecular complexity index is 573. The number of aryl methyl sites for hydroxylation is 2. The van der Waals surface area contributed by atoms with Crippen molar-refractivity contribution in [3.63, 3.8) is 0 Å². The Hall–Kier alpha value is -1.13. The van der Waals surface area contributed by atoms with Crippen LogP contribution in [0.2, 0.25) is 13.1 Å². The van der Waals surface area contributed by atoms with Gasteiger partial charge in [0, 0.05) is 0 Å². The lowest BCUT2D eigenvalue weighted by Gasteiger charge is -2.24. The van der Waals surface area contributed by atoms with E-state index in [1.807, 2.05) is 0 Å². The van der Waals surface area contributed by atoms with Crippen molar-refractivity contribution in [2.45, 2.75) is 25.9 Å². The van der Waals surface area contributed by atoms with Crippen LogP contribution in [0.25, 0.3) is 0 Å². The van der Waals surface area contributed by atoms with Crippen molar-refractivity contribution in [2.24, 2.45) is 0 Å². The molecule has 0 aromatic heterocycles. The van der Waals surface area contributed by atoms with E-state index in [1.165, 1.54) is 24.0 Å². The van der Waals surface area contributed by atoms with Gasteiger partial charge in [-0.25, -0.2) is 0 Å². The topological polar surface area (TPSA) is 0 Å². The molecule has 2 aromatic rings. The van der Waals surface area contributed by atoms with E-state index < -0.39 is 7.59 Å². The second-order valence-electron chi connectivity index (χ2n) is 5.65. The van der Waals surface area contributed by atoms with Gasteiger partial charge in [-0.15, -0.1) is 0 Å². The zero-order valence-corrected chi connectivity index (χ0v) is 13.0. The van der Waals surface area contributed by atoms with Gasteiger partial charge in [-0.05, 0) is 24.0 Å². The highest BCUT2D eigenvalue weighted by Crippen LogP contribution is 2.11. The molecule has 0 N–H and O–H groups in total. The molecule has 0 amide bonds. The van der Waals surface area contributed by atoms with Crippen LogP contribution < -0.4 is 10.4 Å². The molecule has 0 atom stereocenters. The Kier molecular flexibility index (Phi) is 3.00. The van der Waals surface area contributed by atoms with Gasteiger partial charge in [-0.3, -0.25) is 0 Å². The van der Waals surface area contributed by atoms with E-state index in [2.05, 4.69) is 61.6 Å². The molecule has 1 aliphatic heterocycles. The molecule has 0 aliphatic carbocycles. The highest BCUT2D eigenvalue weighted by atomic mass is 29.2.